The van der Waals surface area contributed by atoms with Crippen molar-refractivity contribution in [1.82, 2.24) is 5.32 Å². The molecule has 1 atom stereocenters. The molecule has 132 valence electrons. The lowest BCUT2D eigenvalue weighted by molar-refractivity contribution is -0.144. The van der Waals surface area contributed by atoms with Gasteiger partial charge in [0.2, 0.25) is 5.91 Å². The largest absolute Gasteiger partial charge is 0.481 e. The summed E-state index contributed by atoms with van der Waals surface area (Å²) in [5.74, 6) is -1.92. The van der Waals surface area contributed by atoms with E-state index in [0.717, 1.165) is 0 Å². The number of rotatable bonds is 5. The Kier molecular flexibility index (Phi) is 6.21. The predicted molar refractivity (Wildman–Crippen MR) is 90.2 cm³/mol. The van der Waals surface area contributed by atoms with Crippen molar-refractivity contribution >= 4 is 23.5 Å². The lowest BCUT2D eigenvalue weighted by Gasteiger charge is -2.29. The predicted octanol–water partition coefficient (Wildman–Crippen LogP) is 4.18. The van der Waals surface area contributed by atoms with Crippen molar-refractivity contribution in [3.63, 3.8) is 0 Å². The van der Waals surface area contributed by atoms with Crippen LogP contribution in [0.3, 0.4) is 0 Å². The molecule has 6 heteroatoms. The van der Waals surface area contributed by atoms with E-state index < -0.39 is 17.8 Å². The SMILES string of the molecule is CC(C)C(NC(=O)C1CCC(C(=O)O)CC1)c1ccc(Cl)cc1F. The number of aliphatic carboxylic acids is 1. The molecule has 0 bridgehead atoms. The normalized spacial score (nSPS) is 22.2. The van der Waals surface area contributed by atoms with Gasteiger partial charge in [0.1, 0.15) is 5.82 Å². The fourth-order valence-electron chi connectivity index (χ4n) is 3.23. The number of amides is 1. The number of carbonyl (C=O) groups is 2. The van der Waals surface area contributed by atoms with Crippen LogP contribution in [-0.2, 0) is 9.59 Å². The van der Waals surface area contributed by atoms with Crippen LogP contribution in [0.4, 0.5) is 4.39 Å². The summed E-state index contributed by atoms with van der Waals surface area (Å²) in [4.78, 5) is 23.5. The maximum absolute atomic E-state index is 14.2. The van der Waals surface area contributed by atoms with Crippen LogP contribution in [0.2, 0.25) is 5.02 Å². The fourth-order valence-corrected chi connectivity index (χ4v) is 3.39. The summed E-state index contributed by atoms with van der Waals surface area (Å²) in [5.41, 5.74) is 0.418. The molecule has 1 fully saturated rings. The van der Waals surface area contributed by atoms with Gasteiger partial charge in [0.15, 0.2) is 0 Å². The molecule has 1 aromatic carbocycles. The standard InChI is InChI=1S/C18H23ClFNO3/c1-10(2)16(14-8-7-13(19)9-15(14)20)21-17(22)11-3-5-12(6-4-11)18(23)24/h7-12,16H,3-6H2,1-2H3,(H,21,22)(H,23,24). The first-order valence-corrected chi connectivity index (χ1v) is 8.65. The summed E-state index contributed by atoms with van der Waals surface area (Å²) in [6.45, 7) is 3.83. The van der Waals surface area contributed by atoms with Crippen molar-refractivity contribution in [2.24, 2.45) is 17.8 Å². The molecule has 0 aromatic heterocycles. The van der Waals surface area contributed by atoms with Gasteiger partial charge in [0, 0.05) is 16.5 Å². The van der Waals surface area contributed by atoms with Gasteiger partial charge in [0.05, 0.1) is 12.0 Å². The first-order chi connectivity index (χ1) is 11.3. The molecule has 1 amide bonds. The van der Waals surface area contributed by atoms with E-state index in [4.69, 9.17) is 16.7 Å². The number of hydrogen-bond acceptors (Lipinski definition) is 2. The van der Waals surface area contributed by atoms with Crippen molar-refractivity contribution in [3.8, 4) is 0 Å². The topological polar surface area (TPSA) is 66.4 Å². The van der Waals surface area contributed by atoms with Gasteiger partial charge in [-0.05, 0) is 43.7 Å². The molecule has 0 radical (unpaired) electrons. The minimum Gasteiger partial charge on any atom is -0.481 e. The highest BCUT2D eigenvalue weighted by molar-refractivity contribution is 6.30. The Bertz CT molecular complexity index is 612. The molecule has 2 N–H and O–H groups in total. The second-order valence-corrected chi connectivity index (χ2v) is 7.22. The van der Waals surface area contributed by atoms with E-state index >= 15 is 0 Å². The number of carbonyl (C=O) groups excluding carboxylic acids is 1. The highest BCUT2D eigenvalue weighted by atomic mass is 35.5. The molecular formula is C18H23ClFNO3. The van der Waals surface area contributed by atoms with Gasteiger partial charge >= 0.3 is 5.97 Å². The van der Waals surface area contributed by atoms with Crippen LogP contribution < -0.4 is 5.32 Å². The zero-order chi connectivity index (χ0) is 17.9. The summed E-state index contributed by atoms with van der Waals surface area (Å²) < 4.78 is 14.2. The average molecular weight is 356 g/mol. The smallest absolute Gasteiger partial charge is 0.306 e. The molecule has 1 aliphatic rings. The third-order valence-corrected chi connectivity index (χ3v) is 4.94. The number of carboxylic acid groups (broad SMARTS) is 1. The van der Waals surface area contributed by atoms with Crippen LogP contribution in [0, 0.1) is 23.6 Å². The molecule has 2 rings (SSSR count). The second-order valence-electron chi connectivity index (χ2n) is 6.78. The van der Waals surface area contributed by atoms with E-state index in [0.29, 0.717) is 36.3 Å². The van der Waals surface area contributed by atoms with Gasteiger partial charge in [-0.15, -0.1) is 0 Å². The van der Waals surface area contributed by atoms with Crippen LogP contribution in [-0.4, -0.2) is 17.0 Å². The van der Waals surface area contributed by atoms with E-state index in [-0.39, 0.29) is 23.7 Å². The second kappa shape index (κ2) is 7.97. The number of halogens is 2. The number of nitrogens with one attached hydrogen (secondary N) is 1. The van der Waals surface area contributed by atoms with Crippen LogP contribution in [0.15, 0.2) is 18.2 Å². The summed E-state index contributed by atoms with van der Waals surface area (Å²) >= 11 is 5.79. The minimum atomic E-state index is -0.794. The molecule has 4 nitrogen and oxygen atoms in total. The lowest BCUT2D eigenvalue weighted by Crippen LogP contribution is -2.38. The molecule has 1 aliphatic carbocycles. The Morgan fingerprint density at radius 2 is 1.79 bits per heavy atom. The van der Waals surface area contributed by atoms with Gasteiger partial charge in [-0.2, -0.15) is 0 Å². The summed E-state index contributed by atoms with van der Waals surface area (Å²) in [6.07, 6.45) is 2.12. The third-order valence-electron chi connectivity index (χ3n) is 4.71. The Morgan fingerprint density at radius 3 is 2.29 bits per heavy atom. The van der Waals surface area contributed by atoms with Gasteiger partial charge in [0.25, 0.3) is 0 Å². The Morgan fingerprint density at radius 1 is 1.21 bits per heavy atom. The highest BCUT2D eigenvalue weighted by Gasteiger charge is 2.31. The summed E-state index contributed by atoms with van der Waals surface area (Å²) in [6, 6.07) is 4.02. The maximum atomic E-state index is 14.2. The first kappa shape index (κ1) is 18.7. The molecular weight excluding hydrogens is 333 g/mol. The van der Waals surface area contributed by atoms with Gasteiger partial charge in [-0.1, -0.05) is 31.5 Å². The van der Waals surface area contributed by atoms with Crippen LogP contribution in [0.1, 0.15) is 51.1 Å². The van der Waals surface area contributed by atoms with E-state index in [1.807, 2.05) is 13.8 Å². The van der Waals surface area contributed by atoms with E-state index in [1.165, 1.54) is 6.07 Å². The van der Waals surface area contributed by atoms with Gasteiger partial charge in [-0.25, -0.2) is 4.39 Å². The Balaban J connectivity index is 2.06. The summed E-state index contributed by atoms with van der Waals surface area (Å²) in [5, 5.41) is 12.3. The van der Waals surface area contributed by atoms with Crippen molar-refractivity contribution < 1.29 is 19.1 Å². The van der Waals surface area contributed by atoms with Crippen molar-refractivity contribution in [1.29, 1.82) is 0 Å². The lowest BCUT2D eigenvalue weighted by atomic mass is 9.81. The average Bonchev–Trinajstić information content (AvgIpc) is 2.53. The van der Waals surface area contributed by atoms with Gasteiger partial charge < -0.3 is 10.4 Å². The molecule has 0 spiro atoms. The third kappa shape index (κ3) is 4.47. The van der Waals surface area contributed by atoms with Crippen LogP contribution in [0.5, 0.6) is 0 Å². The molecule has 1 saturated carbocycles. The Labute approximate surface area is 146 Å². The van der Waals surface area contributed by atoms with Crippen molar-refractivity contribution in [2.45, 2.75) is 45.6 Å². The monoisotopic (exact) mass is 355 g/mol. The van der Waals surface area contributed by atoms with Gasteiger partial charge in [-0.3, -0.25) is 9.59 Å². The van der Waals surface area contributed by atoms with Crippen LogP contribution in [0.25, 0.3) is 0 Å². The maximum Gasteiger partial charge on any atom is 0.306 e. The fraction of sp³-hybridized carbons (Fsp3) is 0.556. The number of carboxylic acids is 1. The molecule has 1 unspecified atom stereocenters. The van der Waals surface area contributed by atoms with Crippen molar-refractivity contribution in [3.05, 3.63) is 34.6 Å². The molecule has 0 heterocycles. The van der Waals surface area contributed by atoms with E-state index in [2.05, 4.69) is 5.32 Å². The molecule has 1 aromatic rings. The van der Waals surface area contributed by atoms with E-state index in [1.54, 1.807) is 12.1 Å². The highest BCUT2D eigenvalue weighted by Crippen LogP contribution is 2.31. The molecule has 0 saturated heterocycles. The number of benzene rings is 1. The van der Waals surface area contributed by atoms with E-state index in [9.17, 15) is 14.0 Å². The summed E-state index contributed by atoms with van der Waals surface area (Å²) in [7, 11) is 0. The Hall–Kier alpha value is -1.62. The first-order valence-electron chi connectivity index (χ1n) is 8.27. The zero-order valence-electron chi connectivity index (χ0n) is 13.9. The number of hydrogen-bond donors (Lipinski definition) is 2. The van der Waals surface area contributed by atoms with Crippen molar-refractivity contribution in [2.75, 3.05) is 0 Å². The minimum absolute atomic E-state index is 0.0139. The molecule has 0 aliphatic heterocycles. The zero-order valence-corrected chi connectivity index (χ0v) is 14.6. The van der Waals surface area contributed by atoms with Crippen LogP contribution >= 0.6 is 11.6 Å². The quantitative estimate of drug-likeness (QED) is 0.832. The molecule has 24 heavy (non-hydrogen) atoms.